The Bertz CT molecular complexity index is 1130. The summed E-state index contributed by atoms with van der Waals surface area (Å²) in [7, 11) is -9.43. The van der Waals surface area contributed by atoms with E-state index in [1.165, 1.54) is 13.1 Å². The van der Waals surface area contributed by atoms with E-state index in [0.717, 1.165) is 17.4 Å². The van der Waals surface area contributed by atoms with E-state index in [1.807, 2.05) is 0 Å². The van der Waals surface area contributed by atoms with E-state index in [2.05, 4.69) is 17.1 Å². The standard InChI is InChI=1S/C18H26N2O11P2/c1-10-7-20(18(22)19-17(10)21)16-6-14(31-32(23,24)25)15(30-16)9-29-33(26,27)28-8-13-5-11-2-3-12(13)4-11/h2-3,7,11-16H,4-6,8-9H2,1H3,(H,26,27)(H,19,21,22)(H2,23,24,25)/t11?,12?,13?,14-,15-,16-/m1/s1. The molecule has 15 heteroatoms. The Kier molecular flexibility index (Phi) is 6.99. The number of H-pyrrole nitrogens is 1. The van der Waals surface area contributed by atoms with Gasteiger partial charge in [-0.2, -0.15) is 0 Å². The Morgan fingerprint density at radius 2 is 1.85 bits per heavy atom. The van der Waals surface area contributed by atoms with Crippen molar-refractivity contribution in [2.24, 2.45) is 17.8 Å². The first-order valence-corrected chi connectivity index (χ1v) is 13.4. The molecule has 2 bridgehead atoms. The number of fused-ring (bicyclic) bond motifs is 2. The molecule has 4 N–H and O–H groups in total. The van der Waals surface area contributed by atoms with Crippen molar-refractivity contribution in [1.82, 2.24) is 9.55 Å². The van der Waals surface area contributed by atoms with E-state index in [-0.39, 0.29) is 24.5 Å². The van der Waals surface area contributed by atoms with Crippen LogP contribution in [0.5, 0.6) is 0 Å². The molecule has 2 heterocycles. The lowest BCUT2D eigenvalue weighted by molar-refractivity contribution is -0.0463. The quantitative estimate of drug-likeness (QED) is 0.275. The van der Waals surface area contributed by atoms with Gasteiger partial charge in [0, 0.05) is 18.2 Å². The van der Waals surface area contributed by atoms with Gasteiger partial charge in [0.25, 0.3) is 5.56 Å². The normalized spacial score (nSPS) is 33.0. The molecular weight excluding hydrogens is 482 g/mol. The molecule has 1 aliphatic heterocycles. The number of aryl methyl sites for hydroxylation is 1. The molecule has 2 aliphatic carbocycles. The number of aromatic nitrogens is 2. The van der Waals surface area contributed by atoms with Gasteiger partial charge in [-0.1, -0.05) is 12.2 Å². The van der Waals surface area contributed by atoms with Gasteiger partial charge in [0.1, 0.15) is 18.4 Å². The highest BCUT2D eigenvalue weighted by Gasteiger charge is 2.43. The van der Waals surface area contributed by atoms with Crippen molar-refractivity contribution in [3.8, 4) is 0 Å². The molecule has 0 radical (unpaired) electrons. The third-order valence-corrected chi connectivity index (χ3v) is 7.68. The summed E-state index contributed by atoms with van der Waals surface area (Å²) in [5, 5.41) is 0. The lowest BCUT2D eigenvalue weighted by Crippen LogP contribution is -2.33. The van der Waals surface area contributed by atoms with Crippen molar-refractivity contribution in [2.75, 3.05) is 13.2 Å². The second-order valence-electron chi connectivity index (χ2n) is 8.58. The van der Waals surface area contributed by atoms with Crippen LogP contribution in [0, 0.1) is 24.7 Å². The van der Waals surface area contributed by atoms with E-state index in [1.54, 1.807) is 0 Å². The number of ether oxygens (including phenoxy) is 1. The van der Waals surface area contributed by atoms with Crippen LogP contribution in [0.3, 0.4) is 0 Å². The van der Waals surface area contributed by atoms with Gasteiger partial charge in [0.2, 0.25) is 0 Å². The molecular formula is C18H26N2O11P2. The number of phosphoric acid groups is 2. The van der Waals surface area contributed by atoms with E-state index >= 15 is 0 Å². The van der Waals surface area contributed by atoms with Crippen molar-refractivity contribution in [3.05, 3.63) is 44.8 Å². The van der Waals surface area contributed by atoms with E-state index in [0.29, 0.717) is 11.8 Å². The Balaban J connectivity index is 1.40. The summed E-state index contributed by atoms with van der Waals surface area (Å²) in [4.78, 5) is 54.4. The van der Waals surface area contributed by atoms with Crippen LogP contribution in [-0.4, -0.2) is 49.7 Å². The summed E-state index contributed by atoms with van der Waals surface area (Å²) < 4.78 is 45.3. The van der Waals surface area contributed by atoms with Crippen LogP contribution in [-0.2, 0) is 27.4 Å². The highest BCUT2D eigenvalue weighted by molar-refractivity contribution is 7.47. The monoisotopic (exact) mass is 508 g/mol. The molecule has 1 aromatic heterocycles. The summed E-state index contributed by atoms with van der Waals surface area (Å²) >= 11 is 0. The van der Waals surface area contributed by atoms with E-state index in [4.69, 9.17) is 18.3 Å². The summed E-state index contributed by atoms with van der Waals surface area (Å²) in [6.45, 7) is 0.934. The van der Waals surface area contributed by atoms with Gasteiger partial charge in [-0.3, -0.25) is 27.9 Å². The number of hydrogen-bond acceptors (Lipinski definition) is 8. The van der Waals surface area contributed by atoms with Gasteiger partial charge in [-0.25, -0.2) is 13.9 Å². The number of phosphoric ester groups is 2. The van der Waals surface area contributed by atoms with Gasteiger partial charge >= 0.3 is 21.3 Å². The Labute approximate surface area is 188 Å². The molecule has 3 aliphatic rings. The largest absolute Gasteiger partial charge is 0.472 e. The lowest BCUT2D eigenvalue weighted by atomic mass is 9.95. The fraction of sp³-hybridized carbons (Fsp3) is 0.667. The number of rotatable bonds is 9. The minimum atomic E-state index is -4.95. The van der Waals surface area contributed by atoms with Crippen molar-refractivity contribution in [3.63, 3.8) is 0 Å². The van der Waals surface area contributed by atoms with Crippen molar-refractivity contribution >= 4 is 15.6 Å². The summed E-state index contributed by atoms with van der Waals surface area (Å²) in [6.07, 6.45) is 3.65. The molecule has 184 valence electrons. The number of nitrogens with zero attached hydrogens (tertiary/aromatic N) is 1. The van der Waals surface area contributed by atoms with Crippen LogP contribution in [0.25, 0.3) is 0 Å². The van der Waals surface area contributed by atoms with Gasteiger partial charge in [0.15, 0.2) is 0 Å². The molecule has 1 saturated heterocycles. The highest BCUT2D eigenvalue weighted by atomic mass is 31.2. The first-order valence-electron chi connectivity index (χ1n) is 10.4. The van der Waals surface area contributed by atoms with Crippen LogP contribution in [0.2, 0.25) is 0 Å². The van der Waals surface area contributed by atoms with E-state index < -0.39 is 51.9 Å². The molecule has 0 aromatic carbocycles. The predicted molar refractivity (Wildman–Crippen MR) is 112 cm³/mol. The minimum absolute atomic E-state index is 0.0435. The first kappa shape index (κ1) is 24.7. The van der Waals surface area contributed by atoms with Crippen LogP contribution >= 0.6 is 15.6 Å². The SMILES string of the molecule is Cc1cn([C@H]2C[C@@H](OP(=O)(O)O)[C@@H](COP(=O)(O)OCC3CC4C=CC3C4)O2)c(=O)[nH]c1=O. The molecule has 0 amide bonds. The fourth-order valence-corrected chi connectivity index (χ4v) is 5.95. The first-order chi connectivity index (χ1) is 15.4. The van der Waals surface area contributed by atoms with Crippen LogP contribution in [0.15, 0.2) is 27.9 Å². The summed E-state index contributed by atoms with van der Waals surface area (Å²) in [5.41, 5.74) is -1.15. The molecule has 4 unspecified atom stereocenters. The molecule has 1 aromatic rings. The molecule has 2 fully saturated rings. The Morgan fingerprint density at radius 3 is 2.48 bits per heavy atom. The van der Waals surface area contributed by atoms with Gasteiger partial charge < -0.3 is 19.4 Å². The van der Waals surface area contributed by atoms with Crippen LogP contribution < -0.4 is 11.2 Å². The molecule has 0 spiro atoms. The zero-order valence-electron chi connectivity index (χ0n) is 17.7. The maximum Gasteiger partial charge on any atom is 0.472 e. The maximum absolute atomic E-state index is 12.4. The molecule has 4 rings (SSSR count). The fourth-order valence-electron chi connectivity index (χ4n) is 4.59. The average Bonchev–Trinajstić information content (AvgIpc) is 3.42. The summed E-state index contributed by atoms with van der Waals surface area (Å²) in [5.74, 6) is 0.906. The highest BCUT2D eigenvalue weighted by Crippen LogP contribution is 2.50. The number of nitrogens with one attached hydrogen (secondary N) is 1. The maximum atomic E-state index is 12.4. The van der Waals surface area contributed by atoms with Crippen LogP contribution in [0.1, 0.15) is 31.1 Å². The second-order valence-corrected chi connectivity index (χ2v) is 11.2. The number of hydrogen-bond donors (Lipinski definition) is 4. The lowest BCUT2D eigenvalue weighted by Gasteiger charge is -2.22. The molecule has 13 nitrogen and oxygen atoms in total. The van der Waals surface area contributed by atoms with E-state index in [9.17, 15) is 33.4 Å². The smallest absolute Gasteiger partial charge is 0.349 e. The Morgan fingerprint density at radius 1 is 1.12 bits per heavy atom. The Hall–Kier alpha value is -1.40. The molecule has 1 saturated carbocycles. The predicted octanol–water partition coefficient (Wildman–Crippen LogP) is 0.956. The van der Waals surface area contributed by atoms with Crippen molar-refractivity contribution < 1.29 is 42.1 Å². The third kappa shape index (κ3) is 6.00. The third-order valence-electron chi connectivity index (χ3n) is 6.18. The average molecular weight is 508 g/mol. The topological polar surface area (TPSA) is 187 Å². The number of allylic oxidation sites excluding steroid dienone is 2. The zero-order chi connectivity index (χ0) is 24.0. The number of aromatic amines is 1. The zero-order valence-corrected chi connectivity index (χ0v) is 19.5. The minimum Gasteiger partial charge on any atom is -0.349 e. The summed E-state index contributed by atoms with van der Waals surface area (Å²) in [6, 6.07) is 0. The van der Waals surface area contributed by atoms with Crippen LogP contribution in [0.4, 0.5) is 0 Å². The second kappa shape index (κ2) is 9.33. The van der Waals surface area contributed by atoms with Crippen molar-refractivity contribution in [1.29, 1.82) is 0 Å². The molecule has 7 atom stereocenters. The van der Waals surface area contributed by atoms with Gasteiger partial charge in [-0.05, 0) is 37.5 Å². The van der Waals surface area contributed by atoms with Crippen molar-refractivity contribution in [2.45, 2.75) is 44.6 Å². The van der Waals surface area contributed by atoms with Gasteiger partial charge in [-0.15, -0.1) is 0 Å². The molecule has 33 heavy (non-hydrogen) atoms. The van der Waals surface area contributed by atoms with Gasteiger partial charge in [0.05, 0.1) is 13.2 Å².